The highest BCUT2D eigenvalue weighted by Gasteiger charge is 2.35. The molecule has 23 heavy (non-hydrogen) atoms. The summed E-state index contributed by atoms with van der Waals surface area (Å²) in [6, 6.07) is 0.847. The van der Waals surface area contributed by atoms with Gasteiger partial charge in [0.1, 0.15) is 12.2 Å². The van der Waals surface area contributed by atoms with E-state index in [-0.39, 0.29) is 0 Å². The number of nitrogens with zero attached hydrogens (tertiary/aromatic N) is 4. The zero-order valence-corrected chi connectivity index (χ0v) is 13.8. The SMILES string of the molecule is O=C(CN[C@@H]1CCc2ncnn2C1)N1CCC[C@H]2CCCC[C@@H]21. The van der Waals surface area contributed by atoms with E-state index in [1.807, 2.05) is 4.68 Å². The van der Waals surface area contributed by atoms with Crippen LogP contribution in [-0.4, -0.2) is 50.7 Å². The molecule has 1 saturated carbocycles. The Bertz CT molecular complexity index is 555. The first kappa shape index (κ1) is 15.1. The van der Waals surface area contributed by atoms with Crippen molar-refractivity contribution in [3.05, 3.63) is 12.2 Å². The van der Waals surface area contributed by atoms with Crippen LogP contribution in [0, 0.1) is 5.92 Å². The Hall–Kier alpha value is -1.43. The molecule has 4 rings (SSSR count). The third-order valence-electron chi connectivity index (χ3n) is 5.91. The van der Waals surface area contributed by atoms with E-state index in [4.69, 9.17) is 0 Å². The molecule has 0 unspecified atom stereocenters. The molecule has 126 valence electrons. The number of hydrogen-bond acceptors (Lipinski definition) is 4. The van der Waals surface area contributed by atoms with Gasteiger partial charge in [-0.1, -0.05) is 12.8 Å². The Morgan fingerprint density at radius 2 is 2.09 bits per heavy atom. The lowest BCUT2D eigenvalue weighted by Gasteiger charge is -2.44. The summed E-state index contributed by atoms with van der Waals surface area (Å²) in [7, 11) is 0. The molecule has 0 bridgehead atoms. The molecule has 0 aromatic carbocycles. The third-order valence-corrected chi connectivity index (χ3v) is 5.91. The van der Waals surface area contributed by atoms with E-state index in [0.717, 1.165) is 37.7 Å². The van der Waals surface area contributed by atoms with E-state index < -0.39 is 0 Å². The molecule has 6 nitrogen and oxygen atoms in total. The second kappa shape index (κ2) is 6.59. The lowest BCUT2D eigenvalue weighted by atomic mass is 9.78. The van der Waals surface area contributed by atoms with Gasteiger partial charge >= 0.3 is 0 Å². The second-order valence-corrected chi connectivity index (χ2v) is 7.32. The number of piperidine rings is 1. The van der Waals surface area contributed by atoms with Crippen LogP contribution in [0.2, 0.25) is 0 Å². The van der Waals surface area contributed by atoms with Crippen LogP contribution in [0.4, 0.5) is 0 Å². The van der Waals surface area contributed by atoms with E-state index in [2.05, 4.69) is 20.3 Å². The molecule has 1 amide bonds. The molecule has 2 aliphatic heterocycles. The molecule has 0 spiro atoms. The fraction of sp³-hybridized carbons (Fsp3) is 0.824. The van der Waals surface area contributed by atoms with Gasteiger partial charge in [-0.05, 0) is 38.0 Å². The molecule has 2 fully saturated rings. The zero-order chi connectivity index (χ0) is 15.6. The van der Waals surface area contributed by atoms with Crippen molar-refractivity contribution < 1.29 is 4.79 Å². The van der Waals surface area contributed by atoms with Crippen LogP contribution in [-0.2, 0) is 17.8 Å². The fourth-order valence-electron chi connectivity index (χ4n) is 4.67. The lowest BCUT2D eigenvalue weighted by Crippen LogP contribution is -2.53. The summed E-state index contributed by atoms with van der Waals surface area (Å²) in [5.74, 6) is 2.12. The smallest absolute Gasteiger partial charge is 0.236 e. The number of hydrogen-bond donors (Lipinski definition) is 1. The monoisotopic (exact) mass is 317 g/mol. The summed E-state index contributed by atoms with van der Waals surface area (Å²) in [6.07, 6.45) is 11.3. The van der Waals surface area contributed by atoms with Crippen LogP contribution in [0.5, 0.6) is 0 Å². The number of nitrogens with one attached hydrogen (secondary N) is 1. The topological polar surface area (TPSA) is 63.1 Å². The minimum atomic E-state index is 0.297. The standard InChI is InChI=1S/C17H27N5O/c23-17(21-9-3-5-13-4-1-2-6-15(13)21)10-18-14-7-8-16-19-12-20-22(16)11-14/h12-15,18H,1-11H2/t13-,14-,15+/m1/s1. The molecule has 6 heteroatoms. The Kier molecular flexibility index (Phi) is 4.33. The number of aromatic nitrogens is 3. The zero-order valence-electron chi connectivity index (χ0n) is 13.8. The summed E-state index contributed by atoms with van der Waals surface area (Å²) in [6.45, 7) is 2.26. The predicted molar refractivity (Wildman–Crippen MR) is 86.8 cm³/mol. The molecule has 1 N–H and O–H groups in total. The van der Waals surface area contributed by atoms with E-state index in [1.165, 1.54) is 38.5 Å². The molecule has 1 saturated heterocycles. The summed E-state index contributed by atoms with van der Waals surface area (Å²) in [4.78, 5) is 19.2. The lowest BCUT2D eigenvalue weighted by molar-refractivity contribution is -0.136. The average molecular weight is 317 g/mol. The van der Waals surface area contributed by atoms with Gasteiger partial charge in [0.25, 0.3) is 0 Å². The number of carbonyl (C=O) groups excluding carboxylic acids is 1. The van der Waals surface area contributed by atoms with Crippen molar-refractivity contribution in [2.75, 3.05) is 13.1 Å². The normalized spacial score (nSPS) is 30.6. The summed E-state index contributed by atoms with van der Waals surface area (Å²) in [5.41, 5.74) is 0. The fourth-order valence-corrected chi connectivity index (χ4v) is 4.67. The van der Waals surface area contributed by atoms with Crippen molar-refractivity contribution >= 4 is 5.91 Å². The Labute approximate surface area is 137 Å². The van der Waals surface area contributed by atoms with Crippen molar-refractivity contribution in [1.82, 2.24) is 25.0 Å². The number of aryl methyl sites for hydroxylation is 1. The number of fused-ring (bicyclic) bond motifs is 2. The van der Waals surface area contributed by atoms with E-state index in [9.17, 15) is 4.79 Å². The number of likely N-dealkylation sites (tertiary alicyclic amines) is 1. The van der Waals surface area contributed by atoms with Crippen LogP contribution in [0.1, 0.15) is 50.8 Å². The van der Waals surface area contributed by atoms with Crippen molar-refractivity contribution in [3.8, 4) is 0 Å². The Morgan fingerprint density at radius 1 is 1.22 bits per heavy atom. The van der Waals surface area contributed by atoms with Crippen LogP contribution in [0.3, 0.4) is 0 Å². The molecule has 1 aromatic heterocycles. The maximum atomic E-state index is 12.7. The number of rotatable bonds is 3. The van der Waals surface area contributed by atoms with Crippen molar-refractivity contribution in [2.45, 2.75) is 70.0 Å². The van der Waals surface area contributed by atoms with Gasteiger partial charge in [-0.3, -0.25) is 4.79 Å². The van der Waals surface area contributed by atoms with Crippen LogP contribution in [0.25, 0.3) is 0 Å². The van der Waals surface area contributed by atoms with Crippen molar-refractivity contribution in [3.63, 3.8) is 0 Å². The second-order valence-electron chi connectivity index (χ2n) is 7.32. The van der Waals surface area contributed by atoms with Crippen LogP contribution < -0.4 is 5.32 Å². The molecule has 3 atom stereocenters. The molecule has 3 heterocycles. The highest BCUT2D eigenvalue weighted by Crippen LogP contribution is 2.35. The van der Waals surface area contributed by atoms with Gasteiger partial charge in [0, 0.05) is 25.0 Å². The quantitative estimate of drug-likeness (QED) is 0.914. The average Bonchev–Trinajstić information content (AvgIpc) is 3.07. The van der Waals surface area contributed by atoms with Crippen LogP contribution in [0.15, 0.2) is 6.33 Å². The van der Waals surface area contributed by atoms with E-state index in [1.54, 1.807) is 6.33 Å². The highest BCUT2D eigenvalue weighted by atomic mass is 16.2. The van der Waals surface area contributed by atoms with Gasteiger partial charge in [0.15, 0.2) is 0 Å². The number of carbonyl (C=O) groups is 1. The maximum absolute atomic E-state index is 12.7. The molecular weight excluding hydrogens is 290 g/mol. The Morgan fingerprint density at radius 3 is 3.04 bits per heavy atom. The summed E-state index contributed by atoms with van der Waals surface area (Å²) >= 11 is 0. The predicted octanol–water partition coefficient (Wildman–Crippen LogP) is 1.36. The largest absolute Gasteiger partial charge is 0.338 e. The van der Waals surface area contributed by atoms with Crippen LogP contribution >= 0.6 is 0 Å². The Balaban J connectivity index is 1.31. The molecule has 1 aromatic rings. The summed E-state index contributed by atoms with van der Waals surface area (Å²) in [5, 5.41) is 7.71. The van der Waals surface area contributed by atoms with Gasteiger partial charge in [-0.25, -0.2) is 9.67 Å². The first-order valence-corrected chi connectivity index (χ1v) is 9.21. The van der Waals surface area contributed by atoms with Gasteiger partial charge in [-0.2, -0.15) is 5.10 Å². The minimum absolute atomic E-state index is 0.297. The number of amides is 1. The molecule has 3 aliphatic rings. The first-order valence-electron chi connectivity index (χ1n) is 9.21. The first-order chi connectivity index (χ1) is 11.3. The van der Waals surface area contributed by atoms with E-state index >= 15 is 0 Å². The molecule has 0 radical (unpaired) electrons. The van der Waals surface area contributed by atoms with E-state index in [0.29, 0.717) is 24.5 Å². The van der Waals surface area contributed by atoms with Gasteiger partial charge in [-0.15, -0.1) is 0 Å². The molecule has 1 aliphatic carbocycles. The summed E-state index contributed by atoms with van der Waals surface area (Å²) < 4.78 is 1.96. The van der Waals surface area contributed by atoms with Gasteiger partial charge in [0.2, 0.25) is 5.91 Å². The minimum Gasteiger partial charge on any atom is -0.338 e. The maximum Gasteiger partial charge on any atom is 0.236 e. The van der Waals surface area contributed by atoms with Crippen molar-refractivity contribution in [2.24, 2.45) is 5.92 Å². The third kappa shape index (κ3) is 3.13. The van der Waals surface area contributed by atoms with Gasteiger partial charge < -0.3 is 10.2 Å². The van der Waals surface area contributed by atoms with Gasteiger partial charge in [0.05, 0.1) is 13.1 Å². The molecular formula is C17H27N5O. The highest BCUT2D eigenvalue weighted by molar-refractivity contribution is 5.78. The van der Waals surface area contributed by atoms with Crippen molar-refractivity contribution in [1.29, 1.82) is 0 Å².